The van der Waals surface area contributed by atoms with Gasteiger partial charge in [0.1, 0.15) is 5.75 Å². The first-order chi connectivity index (χ1) is 11.0. The first-order valence-corrected chi connectivity index (χ1v) is 8.75. The molecular formula is C16H25ClN2O4S. The van der Waals surface area contributed by atoms with Crippen LogP contribution in [0.25, 0.3) is 0 Å². The van der Waals surface area contributed by atoms with Crippen molar-refractivity contribution in [3.63, 3.8) is 0 Å². The lowest BCUT2D eigenvalue weighted by Crippen LogP contribution is -2.44. The molecule has 0 aliphatic heterocycles. The third kappa shape index (κ3) is 7.90. The van der Waals surface area contributed by atoms with Crippen molar-refractivity contribution in [3.05, 3.63) is 29.8 Å². The number of nitrogens with one attached hydrogen (secondary N) is 1. The van der Waals surface area contributed by atoms with Gasteiger partial charge >= 0.3 is 5.97 Å². The summed E-state index contributed by atoms with van der Waals surface area (Å²) in [5, 5.41) is 12.0. The van der Waals surface area contributed by atoms with Gasteiger partial charge in [0.25, 0.3) is 0 Å². The average molecular weight is 377 g/mol. The van der Waals surface area contributed by atoms with E-state index < -0.39 is 17.9 Å². The minimum Gasteiger partial charge on any atom is -0.508 e. The number of phenolic OH excluding ortho intramolecular Hbond substituents is 1. The molecule has 4 N–H and O–H groups in total. The maximum Gasteiger partial charge on any atom is 0.310 e. The lowest BCUT2D eigenvalue weighted by Gasteiger charge is -2.17. The number of nitrogens with two attached hydrogens (primary N) is 1. The Kier molecular flexibility index (Phi) is 11.3. The quantitative estimate of drug-likeness (QED) is 0.562. The van der Waals surface area contributed by atoms with Gasteiger partial charge in [-0.05, 0) is 42.5 Å². The van der Waals surface area contributed by atoms with Gasteiger partial charge in [-0.25, -0.2) is 0 Å². The smallest absolute Gasteiger partial charge is 0.310 e. The first kappa shape index (κ1) is 22.6. The Balaban J connectivity index is 0.00000529. The number of thioether (sulfide) groups is 1. The van der Waals surface area contributed by atoms with E-state index in [1.54, 1.807) is 36.0 Å². The lowest BCUT2D eigenvalue weighted by molar-refractivity contribution is -0.145. The minimum absolute atomic E-state index is 0. The Morgan fingerprint density at radius 2 is 1.96 bits per heavy atom. The highest BCUT2D eigenvalue weighted by Crippen LogP contribution is 2.14. The molecule has 0 bridgehead atoms. The van der Waals surface area contributed by atoms with Crippen molar-refractivity contribution in [2.75, 3.05) is 25.7 Å². The molecule has 136 valence electrons. The normalized spacial score (nSPS) is 12.6. The number of ether oxygens (including phenoxy) is 1. The van der Waals surface area contributed by atoms with Gasteiger partial charge in [0.05, 0.1) is 19.1 Å². The summed E-state index contributed by atoms with van der Waals surface area (Å²) in [4.78, 5) is 23.8. The van der Waals surface area contributed by atoms with E-state index in [1.807, 2.05) is 6.26 Å². The van der Waals surface area contributed by atoms with Crippen LogP contribution in [-0.4, -0.2) is 48.7 Å². The van der Waals surface area contributed by atoms with Crippen molar-refractivity contribution in [2.45, 2.75) is 18.9 Å². The van der Waals surface area contributed by atoms with Crippen LogP contribution in [0.4, 0.5) is 0 Å². The molecule has 0 heterocycles. The second-order valence-corrected chi connectivity index (χ2v) is 6.21. The van der Waals surface area contributed by atoms with Crippen LogP contribution in [0.3, 0.4) is 0 Å². The first-order valence-electron chi connectivity index (χ1n) is 7.36. The molecule has 1 aromatic carbocycles. The van der Waals surface area contributed by atoms with Gasteiger partial charge < -0.3 is 20.9 Å². The Morgan fingerprint density at radius 1 is 1.33 bits per heavy atom. The second kappa shape index (κ2) is 12.0. The van der Waals surface area contributed by atoms with Gasteiger partial charge in [0.15, 0.2) is 0 Å². The van der Waals surface area contributed by atoms with E-state index in [-0.39, 0.29) is 30.6 Å². The Hall–Kier alpha value is -1.44. The number of aromatic hydroxyl groups is 1. The molecule has 24 heavy (non-hydrogen) atoms. The zero-order chi connectivity index (χ0) is 17.2. The Bertz CT molecular complexity index is 513. The van der Waals surface area contributed by atoms with Crippen molar-refractivity contribution >= 4 is 36.0 Å². The lowest BCUT2D eigenvalue weighted by atomic mass is 9.99. The van der Waals surface area contributed by atoms with Crippen molar-refractivity contribution in [3.8, 4) is 5.75 Å². The molecule has 2 unspecified atom stereocenters. The van der Waals surface area contributed by atoms with Gasteiger partial charge in [-0.1, -0.05) is 12.1 Å². The molecule has 8 heteroatoms. The third-order valence-electron chi connectivity index (χ3n) is 3.45. The van der Waals surface area contributed by atoms with Gasteiger partial charge in [0, 0.05) is 6.54 Å². The zero-order valence-electron chi connectivity index (χ0n) is 13.9. The number of halogens is 1. The average Bonchev–Trinajstić information content (AvgIpc) is 2.56. The topological polar surface area (TPSA) is 102 Å². The molecule has 0 aliphatic rings. The van der Waals surface area contributed by atoms with Crippen molar-refractivity contribution < 1.29 is 19.4 Å². The molecule has 2 atom stereocenters. The van der Waals surface area contributed by atoms with Crippen LogP contribution in [0.1, 0.15) is 12.0 Å². The summed E-state index contributed by atoms with van der Waals surface area (Å²) in [5.74, 6) is -0.185. The van der Waals surface area contributed by atoms with Crippen molar-refractivity contribution in [1.82, 2.24) is 5.32 Å². The number of carbonyl (C=O) groups is 2. The van der Waals surface area contributed by atoms with E-state index in [1.165, 1.54) is 7.11 Å². The molecule has 1 aromatic rings. The summed E-state index contributed by atoms with van der Waals surface area (Å²) in [6.45, 7) is 0.166. The van der Waals surface area contributed by atoms with E-state index in [0.717, 1.165) is 11.3 Å². The summed E-state index contributed by atoms with van der Waals surface area (Å²) in [6.07, 6.45) is 2.96. The predicted octanol–water partition coefficient (Wildman–Crippen LogP) is 1.34. The molecule has 0 saturated carbocycles. The fourth-order valence-corrected chi connectivity index (χ4v) is 2.54. The molecule has 6 nitrogen and oxygen atoms in total. The van der Waals surface area contributed by atoms with Gasteiger partial charge in [-0.3, -0.25) is 9.59 Å². The molecule has 1 rings (SSSR count). The maximum absolute atomic E-state index is 11.9. The van der Waals surface area contributed by atoms with Crippen LogP contribution in [0.5, 0.6) is 5.75 Å². The van der Waals surface area contributed by atoms with Crippen molar-refractivity contribution in [1.29, 1.82) is 0 Å². The highest BCUT2D eigenvalue weighted by atomic mass is 35.5. The molecule has 0 radical (unpaired) electrons. The molecule has 0 aromatic heterocycles. The number of hydrogen-bond donors (Lipinski definition) is 3. The van der Waals surface area contributed by atoms with E-state index in [0.29, 0.717) is 12.8 Å². The van der Waals surface area contributed by atoms with Crippen LogP contribution < -0.4 is 11.1 Å². The van der Waals surface area contributed by atoms with Gasteiger partial charge in [-0.15, -0.1) is 12.4 Å². The van der Waals surface area contributed by atoms with Crippen LogP contribution >= 0.6 is 24.2 Å². The van der Waals surface area contributed by atoms with E-state index >= 15 is 0 Å². The zero-order valence-corrected chi connectivity index (χ0v) is 15.5. The standard InChI is InChI=1S/C16H24N2O4S.ClH/c1-22-16(21)12(9-11-3-5-13(19)6-4-11)10-18-15(20)14(17)7-8-23-2;/h3-6,12,14,19H,7-10,17H2,1-2H3,(H,18,20);1H. The summed E-state index contributed by atoms with van der Waals surface area (Å²) in [5.41, 5.74) is 6.67. The number of esters is 1. The number of methoxy groups -OCH3 is 1. The molecule has 0 spiro atoms. The molecular weight excluding hydrogens is 352 g/mol. The largest absolute Gasteiger partial charge is 0.508 e. The number of benzene rings is 1. The fourth-order valence-electron chi connectivity index (χ4n) is 2.05. The minimum atomic E-state index is -0.575. The van der Waals surface area contributed by atoms with E-state index in [4.69, 9.17) is 10.5 Å². The Morgan fingerprint density at radius 3 is 2.50 bits per heavy atom. The summed E-state index contributed by atoms with van der Waals surface area (Å²) < 4.78 is 4.79. The molecule has 1 amide bonds. The number of hydrogen-bond acceptors (Lipinski definition) is 6. The molecule has 0 saturated heterocycles. The van der Waals surface area contributed by atoms with Crippen molar-refractivity contribution in [2.24, 2.45) is 11.7 Å². The fraction of sp³-hybridized carbons (Fsp3) is 0.500. The van der Waals surface area contributed by atoms with Crippen LogP contribution in [-0.2, 0) is 20.7 Å². The van der Waals surface area contributed by atoms with Gasteiger partial charge in [-0.2, -0.15) is 11.8 Å². The predicted molar refractivity (Wildman–Crippen MR) is 98.5 cm³/mol. The number of phenols is 1. The SMILES string of the molecule is COC(=O)C(CNC(=O)C(N)CCSC)Cc1ccc(O)cc1.Cl. The molecule has 0 aliphatic carbocycles. The number of carbonyl (C=O) groups excluding carboxylic acids is 2. The summed E-state index contributed by atoms with van der Waals surface area (Å²) >= 11 is 1.63. The highest BCUT2D eigenvalue weighted by molar-refractivity contribution is 7.98. The van der Waals surface area contributed by atoms with Crippen LogP contribution in [0.2, 0.25) is 0 Å². The van der Waals surface area contributed by atoms with E-state index in [2.05, 4.69) is 5.32 Å². The maximum atomic E-state index is 11.9. The van der Waals surface area contributed by atoms with Gasteiger partial charge in [0.2, 0.25) is 5.91 Å². The van der Waals surface area contributed by atoms with E-state index in [9.17, 15) is 14.7 Å². The van der Waals surface area contributed by atoms with Crippen LogP contribution in [0.15, 0.2) is 24.3 Å². The third-order valence-corrected chi connectivity index (χ3v) is 4.09. The Labute approximate surface area is 152 Å². The number of rotatable bonds is 9. The highest BCUT2D eigenvalue weighted by Gasteiger charge is 2.22. The second-order valence-electron chi connectivity index (χ2n) is 5.22. The van der Waals surface area contributed by atoms with Crippen LogP contribution in [0, 0.1) is 5.92 Å². The summed E-state index contributed by atoms with van der Waals surface area (Å²) in [6, 6.07) is 6.00. The monoisotopic (exact) mass is 376 g/mol. The summed E-state index contributed by atoms with van der Waals surface area (Å²) in [7, 11) is 1.32. The number of amides is 1. The molecule has 0 fully saturated rings.